The molecule has 2 aliphatic rings. The van der Waals surface area contributed by atoms with Crippen LogP contribution in [0, 0.1) is 0 Å². The minimum Gasteiger partial charge on any atom is -0.448 e. The number of methoxy groups -OCH3 is 1. The van der Waals surface area contributed by atoms with Crippen LogP contribution < -0.4 is 5.73 Å². The highest BCUT2D eigenvalue weighted by Gasteiger charge is 2.36. The molecule has 1 aliphatic carbocycles. The highest BCUT2D eigenvalue weighted by molar-refractivity contribution is 5.79. The Kier molecular flexibility index (Phi) is 4.89. The highest BCUT2D eigenvalue weighted by atomic mass is 16.6. The second kappa shape index (κ2) is 7.33. The van der Waals surface area contributed by atoms with Gasteiger partial charge in [-0.15, -0.1) is 0 Å². The molecule has 5 heteroatoms. The Morgan fingerprint density at radius 2 is 1.63 bits per heavy atom. The quantitative estimate of drug-likeness (QED) is 0.901. The van der Waals surface area contributed by atoms with E-state index in [1.54, 1.807) is 12.0 Å². The number of benzene rings is 2. The highest BCUT2D eigenvalue weighted by Crippen LogP contribution is 2.44. The van der Waals surface area contributed by atoms with Gasteiger partial charge in [0.1, 0.15) is 6.61 Å². The van der Waals surface area contributed by atoms with Crippen molar-refractivity contribution in [2.45, 2.75) is 24.4 Å². The van der Waals surface area contributed by atoms with Crippen molar-refractivity contribution in [2.24, 2.45) is 5.73 Å². The summed E-state index contributed by atoms with van der Waals surface area (Å²) < 4.78 is 11.3. The SMILES string of the molecule is COC1(CN)CCN(C(=O)OCC2c3ccccc3-c3ccccc32)CC1. The number of carbonyl (C=O) groups is 1. The lowest BCUT2D eigenvalue weighted by molar-refractivity contribution is -0.0479. The molecule has 0 bridgehead atoms. The lowest BCUT2D eigenvalue weighted by Crippen LogP contribution is -2.51. The van der Waals surface area contributed by atoms with Gasteiger partial charge in [0.25, 0.3) is 0 Å². The van der Waals surface area contributed by atoms with E-state index in [4.69, 9.17) is 15.2 Å². The first-order valence-corrected chi connectivity index (χ1v) is 9.52. The molecule has 27 heavy (non-hydrogen) atoms. The molecule has 4 rings (SSSR count). The Morgan fingerprint density at radius 1 is 1.07 bits per heavy atom. The number of fused-ring (bicyclic) bond motifs is 3. The van der Waals surface area contributed by atoms with Crippen LogP contribution in [0.2, 0.25) is 0 Å². The van der Waals surface area contributed by atoms with E-state index in [2.05, 4.69) is 36.4 Å². The number of likely N-dealkylation sites (tertiary alicyclic amines) is 1. The summed E-state index contributed by atoms with van der Waals surface area (Å²) in [5, 5.41) is 0. The summed E-state index contributed by atoms with van der Waals surface area (Å²) in [5.74, 6) is 0.0910. The summed E-state index contributed by atoms with van der Waals surface area (Å²) in [4.78, 5) is 14.4. The van der Waals surface area contributed by atoms with E-state index >= 15 is 0 Å². The van der Waals surface area contributed by atoms with Gasteiger partial charge in [0, 0.05) is 32.7 Å². The van der Waals surface area contributed by atoms with Crippen LogP contribution in [0.5, 0.6) is 0 Å². The van der Waals surface area contributed by atoms with Crippen LogP contribution in [0.15, 0.2) is 48.5 Å². The van der Waals surface area contributed by atoms with E-state index in [1.807, 2.05) is 12.1 Å². The molecule has 0 aromatic heterocycles. The van der Waals surface area contributed by atoms with Crippen LogP contribution in [-0.4, -0.2) is 49.9 Å². The summed E-state index contributed by atoms with van der Waals surface area (Å²) in [6, 6.07) is 16.7. The smallest absolute Gasteiger partial charge is 0.409 e. The molecule has 1 heterocycles. The minimum absolute atomic E-state index is 0.0910. The number of hydrogen-bond donors (Lipinski definition) is 1. The fraction of sp³-hybridized carbons (Fsp3) is 0.409. The number of amides is 1. The van der Waals surface area contributed by atoms with Gasteiger partial charge >= 0.3 is 6.09 Å². The first kappa shape index (κ1) is 18.0. The van der Waals surface area contributed by atoms with Gasteiger partial charge in [0.2, 0.25) is 0 Å². The summed E-state index contributed by atoms with van der Waals surface area (Å²) in [7, 11) is 1.69. The van der Waals surface area contributed by atoms with Gasteiger partial charge in [0.15, 0.2) is 0 Å². The zero-order valence-corrected chi connectivity index (χ0v) is 15.7. The molecular weight excluding hydrogens is 340 g/mol. The van der Waals surface area contributed by atoms with Gasteiger partial charge < -0.3 is 20.1 Å². The fourth-order valence-corrected chi connectivity index (χ4v) is 4.27. The largest absolute Gasteiger partial charge is 0.448 e. The molecule has 1 aliphatic heterocycles. The second-order valence-electron chi connectivity index (χ2n) is 7.38. The molecule has 2 aromatic carbocycles. The predicted molar refractivity (Wildman–Crippen MR) is 105 cm³/mol. The van der Waals surface area contributed by atoms with Crippen molar-refractivity contribution in [1.82, 2.24) is 4.90 Å². The van der Waals surface area contributed by atoms with Gasteiger partial charge in [-0.1, -0.05) is 48.5 Å². The molecule has 2 N–H and O–H groups in total. The average Bonchev–Trinajstić information content (AvgIpc) is 3.06. The maximum absolute atomic E-state index is 12.6. The van der Waals surface area contributed by atoms with E-state index in [1.165, 1.54) is 22.3 Å². The molecule has 0 saturated carbocycles. The molecule has 1 saturated heterocycles. The second-order valence-corrected chi connectivity index (χ2v) is 7.38. The van der Waals surface area contributed by atoms with E-state index < -0.39 is 0 Å². The van der Waals surface area contributed by atoms with E-state index in [9.17, 15) is 4.79 Å². The molecule has 2 aromatic rings. The zero-order chi connectivity index (χ0) is 18.9. The van der Waals surface area contributed by atoms with Crippen molar-refractivity contribution in [3.05, 3.63) is 59.7 Å². The minimum atomic E-state index is -0.305. The molecule has 0 atom stereocenters. The Labute approximate surface area is 160 Å². The lowest BCUT2D eigenvalue weighted by atomic mass is 9.91. The van der Waals surface area contributed by atoms with Crippen molar-refractivity contribution >= 4 is 6.09 Å². The van der Waals surface area contributed by atoms with Gasteiger partial charge in [0.05, 0.1) is 5.60 Å². The summed E-state index contributed by atoms with van der Waals surface area (Å²) in [5.41, 5.74) is 10.5. The van der Waals surface area contributed by atoms with Crippen molar-refractivity contribution in [1.29, 1.82) is 0 Å². The molecule has 1 fully saturated rings. The number of nitrogens with zero attached hydrogens (tertiary/aromatic N) is 1. The van der Waals surface area contributed by atoms with Gasteiger partial charge in [-0.25, -0.2) is 4.79 Å². The number of hydrogen-bond acceptors (Lipinski definition) is 4. The average molecular weight is 366 g/mol. The van der Waals surface area contributed by atoms with Crippen molar-refractivity contribution < 1.29 is 14.3 Å². The van der Waals surface area contributed by atoms with Crippen LogP contribution >= 0.6 is 0 Å². The Morgan fingerprint density at radius 3 is 2.15 bits per heavy atom. The first-order valence-electron chi connectivity index (χ1n) is 9.52. The fourth-order valence-electron chi connectivity index (χ4n) is 4.27. The molecule has 0 unspecified atom stereocenters. The third-order valence-corrected chi connectivity index (χ3v) is 6.07. The van der Waals surface area contributed by atoms with E-state index in [0.717, 1.165) is 12.8 Å². The number of piperidine rings is 1. The molecule has 5 nitrogen and oxygen atoms in total. The van der Waals surface area contributed by atoms with Crippen LogP contribution in [0.4, 0.5) is 4.79 Å². The molecule has 142 valence electrons. The maximum Gasteiger partial charge on any atom is 0.409 e. The van der Waals surface area contributed by atoms with Crippen molar-refractivity contribution in [3.8, 4) is 11.1 Å². The van der Waals surface area contributed by atoms with Gasteiger partial charge in [-0.2, -0.15) is 0 Å². The number of rotatable bonds is 4. The Balaban J connectivity index is 1.43. The number of ether oxygens (including phenoxy) is 2. The maximum atomic E-state index is 12.6. The topological polar surface area (TPSA) is 64.8 Å². The summed E-state index contributed by atoms with van der Waals surface area (Å²) >= 11 is 0. The molecule has 1 amide bonds. The van der Waals surface area contributed by atoms with Gasteiger partial charge in [-0.3, -0.25) is 0 Å². The summed E-state index contributed by atoms with van der Waals surface area (Å²) in [6.07, 6.45) is 1.23. The number of nitrogens with two attached hydrogens (primary N) is 1. The standard InChI is InChI=1S/C22H26N2O3/c1-26-22(15-23)10-12-24(13-11-22)21(25)27-14-20-18-8-4-2-6-16(18)17-7-3-5-9-19(17)20/h2-9,20H,10-15,23H2,1H3. The summed E-state index contributed by atoms with van der Waals surface area (Å²) in [6.45, 7) is 2.06. The monoisotopic (exact) mass is 366 g/mol. The molecule has 0 radical (unpaired) electrons. The Bertz CT molecular complexity index is 776. The van der Waals surface area contributed by atoms with Crippen LogP contribution in [-0.2, 0) is 9.47 Å². The van der Waals surface area contributed by atoms with Crippen LogP contribution in [0.1, 0.15) is 29.9 Å². The number of carbonyl (C=O) groups excluding carboxylic acids is 1. The normalized spacial score (nSPS) is 18.1. The third-order valence-electron chi connectivity index (χ3n) is 6.07. The Hall–Kier alpha value is -2.37. The third kappa shape index (κ3) is 3.22. The molecule has 0 spiro atoms. The van der Waals surface area contributed by atoms with Gasteiger partial charge in [-0.05, 0) is 35.1 Å². The van der Waals surface area contributed by atoms with Crippen molar-refractivity contribution in [2.75, 3.05) is 33.4 Å². The van der Waals surface area contributed by atoms with E-state index in [0.29, 0.717) is 26.2 Å². The predicted octanol–water partition coefficient (Wildman–Crippen LogP) is 3.38. The lowest BCUT2D eigenvalue weighted by Gasteiger charge is -2.39. The first-order chi connectivity index (χ1) is 13.2. The van der Waals surface area contributed by atoms with Crippen molar-refractivity contribution in [3.63, 3.8) is 0 Å². The van der Waals surface area contributed by atoms with E-state index in [-0.39, 0.29) is 17.6 Å². The van der Waals surface area contributed by atoms with Crippen LogP contribution in [0.25, 0.3) is 11.1 Å². The van der Waals surface area contributed by atoms with Crippen LogP contribution in [0.3, 0.4) is 0 Å². The zero-order valence-electron chi connectivity index (χ0n) is 15.7. The molecular formula is C22H26N2O3.